The lowest BCUT2D eigenvalue weighted by molar-refractivity contribution is -0.136. The molecule has 6 nitrogen and oxygen atoms in total. The summed E-state index contributed by atoms with van der Waals surface area (Å²) < 4.78 is 0. The van der Waals surface area contributed by atoms with Crippen molar-refractivity contribution in [3.63, 3.8) is 0 Å². The molecular formula is C14H19ClN4O2. The highest BCUT2D eigenvalue weighted by Gasteiger charge is 2.38. The maximum absolute atomic E-state index is 12.1. The van der Waals surface area contributed by atoms with E-state index in [0.717, 1.165) is 0 Å². The summed E-state index contributed by atoms with van der Waals surface area (Å²) >= 11 is 5.84. The van der Waals surface area contributed by atoms with Crippen molar-refractivity contribution in [1.29, 1.82) is 0 Å². The maximum atomic E-state index is 12.1. The van der Waals surface area contributed by atoms with Gasteiger partial charge in [0, 0.05) is 18.8 Å². The highest BCUT2D eigenvalue weighted by molar-refractivity contribution is 6.33. The average Bonchev–Trinajstić information content (AvgIpc) is 2.40. The molecule has 21 heavy (non-hydrogen) atoms. The number of nitrogen functional groups attached to an aromatic ring is 1. The minimum Gasteiger partial charge on any atom is -0.397 e. The van der Waals surface area contributed by atoms with Crippen LogP contribution in [0.25, 0.3) is 0 Å². The van der Waals surface area contributed by atoms with Crippen LogP contribution < -0.4 is 16.4 Å². The van der Waals surface area contributed by atoms with E-state index in [-0.39, 0.29) is 18.4 Å². The summed E-state index contributed by atoms with van der Waals surface area (Å²) in [6.45, 7) is 4.92. The van der Waals surface area contributed by atoms with E-state index in [0.29, 0.717) is 29.5 Å². The number of amides is 2. The van der Waals surface area contributed by atoms with E-state index in [4.69, 9.17) is 17.3 Å². The van der Waals surface area contributed by atoms with Gasteiger partial charge in [-0.2, -0.15) is 0 Å². The summed E-state index contributed by atoms with van der Waals surface area (Å²) in [6.07, 6.45) is 0. The highest BCUT2D eigenvalue weighted by atomic mass is 35.5. The van der Waals surface area contributed by atoms with E-state index in [1.54, 1.807) is 32.0 Å². The zero-order chi connectivity index (χ0) is 15.6. The molecule has 0 saturated carbocycles. The predicted molar refractivity (Wildman–Crippen MR) is 83.2 cm³/mol. The molecule has 0 radical (unpaired) electrons. The Morgan fingerprint density at radius 2 is 2.24 bits per heavy atom. The number of nitrogens with zero attached hydrogens (tertiary/aromatic N) is 1. The molecule has 0 unspecified atom stereocenters. The Bertz CT molecular complexity index is 574. The van der Waals surface area contributed by atoms with E-state index < -0.39 is 5.54 Å². The van der Waals surface area contributed by atoms with Crippen molar-refractivity contribution in [1.82, 2.24) is 10.2 Å². The Balaban J connectivity index is 2.01. The number of anilines is 2. The Hall–Kier alpha value is -1.79. The molecular weight excluding hydrogens is 292 g/mol. The van der Waals surface area contributed by atoms with Crippen molar-refractivity contribution >= 4 is 34.8 Å². The van der Waals surface area contributed by atoms with E-state index in [1.165, 1.54) is 0 Å². The zero-order valence-electron chi connectivity index (χ0n) is 12.1. The number of piperazine rings is 1. The maximum Gasteiger partial charge on any atom is 0.240 e. The zero-order valence-corrected chi connectivity index (χ0v) is 12.8. The molecule has 0 aromatic heterocycles. The smallest absolute Gasteiger partial charge is 0.240 e. The van der Waals surface area contributed by atoms with Gasteiger partial charge >= 0.3 is 0 Å². The van der Waals surface area contributed by atoms with Crippen LogP contribution in [0.15, 0.2) is 18.2 Å². The van der Waals surface area contributed by atoms with E-state index in [2.05, 4.69) is 10.6 Å². The van der Waals surface area contributed by atoms with Gasteiger partial charge in [-0.1, -0.05) is 11.6 Å². The fourth-order valence-corrected chi connectivity index (χ4v) is 2.33. The topological polar surface area (TPSA) is 87.5 Å². The summed E-state index contributed by atoms with van der Waals surface area (Å²) in [7, 11) is 0. The third-order valence-electron chi connectivity index (χ3n) is 3.63. The van der Waals surface area contributed by atoms with Gasteiger partial charge in [-0.3, -0.25) is 14.5 Å². The van der Waals surface area contributed by atoms with Crippen LogP contribution in [0.3, 0.4) is 0 Å². The Kier molecular flexibility index (Phi) is 4.39. The van der Waals surface area contributed by atoms with Gasteiger partial charge in [-0.25, -0.2) is 0 Å². The third-order valence-corrected chi connectivity index (χ3v) is 3.97. The normalized spacial score (nSPS) is 18.1. The van der Waals surface area contributed by atoms with Gasteiger partial charge in [0.15, 0.2) is 0 Å². The second-order valence-corrected chi connectivity index (χ2v) is 5.93. The molecule has 1 aromatic carbocycles. The molecule has 0 aliphatic carbocycles. The van der Waals surface area contributed by atoms with Gasteiger partial charge in [0.1, 0.15) is 0 Å². The summed E-state index contributed by atoms with van der Waals surface area (Å²) in [5.41, 5.74) is 5.99. The molecule has 2 amide bonds. The Labute approximate surface area is 128 Å². The number of carbonyl (C=O) groups excluding carboxylic acids is 2. The van der Waals surface area contributed by atoms with Crippen molar-refractivity contribution in [3.8, 4) is 0 Å². The second-order valence-electron chi connectivity index (χ2n) is 5.52. The fraction of sp³-hybridized carbons (Fsp3) is 0.429. The first-order chi connectivity index (χ1) is 9.80. The third kappa shape index (κ3) is 3.46. The van der Waals surface area contributed by atoms with Gasteiger partial charge in [0.05, 0.1) is 22.8 Å². The monoisotopic (exact) mass is 310 g/mol. The minimum absolute atomic E-state index is 0.0720. The second kappa shape index (κ2) is 5.91. The number of hydrogen-bond donors (Lipinski definition) is 3. The first-order valence-corrected chi connectivity index (χ1v) is 7.07. The lowest BCUT2D eigenvalue weighted by Gasteiger charge is -2.40. The molecule has 2 rings (SSSR count). The number of rotatable bonds is 3. The van der Waals surface area contributed by atoms with Crippen molar-refractivity contribution in [2.75, 3.05) is 30.7 Å². The van der Waals surface area contributed by atoms with Crippen LogP contribution in [0.1, 0.15) is 13.8 Å². The molecule has 1 aliphatic heterocycles. The van der Waals surface area contributed by atoms with Crippen molar-refractivity contribution < 1.29 is 9.59 Å². The van der Waals surface area contributed by atoms with Crippen LogP contribution in [-0.2, 0) is 9.59 Å². The lowest BCUT2D eigenvalue weighted by Crippen LogP contribution is -2.62. The van der Waals surface area contributed by atoms with Crippen molar-refractivity contribution in [2.24, 2.45) is 0 Å². The summed E-state index contributed by atoms with van der Waals surface area (Å²) in [6, 6.07) is 4.92. The molecule has 7 heteroatoms. The lowest BCUT2D eigenvalue weighted by atomic mass is 9.99. The number of benzene rings is 1. The predicted octanol–water partition coefficient (Wildman–Crippen LogP) is 1.07. The molecule has 1 aliphatic rings. The van der Waals surface area contributed by atoms with Gasteiger partial charge in [0.25, 0.3) is 0 Å². The minimum atomic E-state index is -0.700. The first kappa shape index (κ1) is 15.6. The van der Waals surface area contributed by atoms with Gasteiger partial charge in [-0.15, -0.1) is 0 Å². The molecule has 1 saturated heterocycles. The number of nitrogens with one attached hydrogen (secondary N) is 2. The van der Waals surface area contributed by atoms with Crippen LogP contribution in [-0.4, -0.2) is 41.9 Å². The number of carbonyl (C=O) groups is 2. The van der Waals surface area contributed by atoms with Gasteiger partial charge < -0.3 is 16.4 Å². The summed E-state index contributed by atoms with van der Waals surface area (Å²) in [5.74, 6) is -0.267. The van der Waals surface area contributed by atoms with Crippen LogP contribution in [0, 0.1) is 0 Å². The Morgan fingerprint density at radius 3 is 2.90 bits per heavy atom. The van der Waals surface area contributed by atoms with Crippen molar-refractivity contribution in [2.45, 2.75) is 19.4 Å². The van der Waals surface area contributed by atoms with E-state index in [1.807, 2.05) is 4.90 Å². The Morgan fingerprint density at radius 1 is 1.52 bits per heavy atom. The average molecular weight is 311 g/mol. The highest BCUT2D eigenvalue weighted by Crippen LogP contribution is 2.22. The summed E-state index contributed by atoms with van der Waals surface area (Å²) in [4.78, 5) is 25.8. The standard InChI is InChI=1S/C14H19ClN4O2/c1-14(2)13(21)17-5-6-19(14)8-12(20)18-9-3-4-10(15)11(16)7-9/h3-4,7H,5-6,8,16H2,1-2H3,(H,17,21)(H,18,20). The quantitative estimate of drug-likeness (QED) is 0.729. The molecule has 1 aromatic rings. The fourth-order valence-electron chi connectivity index (χ4n) is 2.22. The van der Waals surface area contributed by atoms with Crippen LogP contribution in [0.5, 0.6) is 0 Å². The van der Waals surface area contributed by atoms with Crippen LogP contribution in [0.4, 0.5) is 11.4 Å². The molecule has 0 atom stereocenters. The largest absolute Gasteiger partial charge is 0.397 e. The van der Waals surface area contributed by atoms with Crippen LogP contribution in [0.2, 0.25) is 5.02 Å². The van der Waals surface area contributed by atoms with Gasteiger partial charge in [-0.05, 0) is 32.0 Å². The molecule has 1 fully saturated rings. The molecule has 1 heterocycles. The van der Waals surface area contributed by atoms with E-state index in [9.17, 15) is 9.59 Å². The number of halogens is 1. The van der Waals surface area contributed by atoms with Crippen LogP contribution >= 0.6 is 11.6 Å². The molecule has 114 valence electrons. The number of nitrogens with two attached hydrogens (primary N) is 1. The van der Waals surface area contributed by atoms with E-state index >= 15 is 0 Å². The van der Waals surface area contributed by atoms with Gasteiger partial charge in [0.2, 0.25) is 11.8 Å². The first-order valence-electron chi connectivity index (χ1n) is 6.69. The molecule has 4 N–H and O–H groups in total. The van der Waals surface area contributed by atoms with Crippen molar-refractivity contribution in [3.05, 3.63) is 23.2 Å². The molecule has 0 spiro atoms. The SMILES string of the molecule is CC1(C)C(=O)NCCN1CC(=O)Nc1ccc(Cl)c(N)c1. The number of hydrogen-bond acceptors (Lipinski definition) is 4. The molecule has 0 bridgehead atoms. The summed E-state index contributed by atoms with van der Waals surface area (Å²) in [5, 5.41) is 6.00.